The molecule has 1 aromatic carbocycles. The van der Waals surface area contributed by atoms with Gasteiger partial charge in [0.05, 0.1) is 5.69 Å². The zero-order valence-corrected chi connectivity index (χ0v) is 8.63. The van der Waals surface area contributed by atoms with Gasteiger partial charge in [-0.05, 0) is 19.1 Å². The number of imide groups is 1. The van der Waals surface area contributed by atoms with Crippen LogP contribution in [0.15, 0.2) is 23.8 Å². The number of hydrogen-bond acceptors (Lipinski definition) is 2. The Hall–Kier alpha value is -2.11. The van der Waals surface area contributed by atoms with Gasteiger partial charge in [-0.2, -0.15) is 0 Å². The van der Waals surface area contributed by atoms with Gasteiger partial charge in [0.1, 0.15) is 0 Å². The normalized spacial score (nSPS) is 15.5. The predicted octanol–water partition coefficient (Wildman–Crippen LogP) is 1.92. The minimum atomic E-state index is -1.72. The summed E-state index contributed by atoms with van der Waals surface area (Å²) in [6.07, 6.45) is 1.00. The molecule has 0 aromatic heterocycles. The van der Waals surface area contributed by atoms with Crippen LogP contribution in [-0.2, 0) is 9.59 Å². The maximum Gasteiger partial charge on any atom is 0.261 e. The maximum absolute atomic E-state index is 13.4. The molecule has 0 unspecified atom stereocenters. The summed E-state index contributed by atoms with van der Waals surface area (Å²) in [6, 6.07) is 1.50. The molecule has 6 heteroatoms. The van der Waals surface area contributed by atoms with Crippen LogP contribution in [0.1, 0.15) is 6.92 Å². The summed E-state index contributed by atoms with van der Waals surface area (Å²) < 4.78 is 39.1. The lowest BCUT2D eigenvalue weighted by Crippen LogP contribution is -2.31. The zero-order valence-electron chi connectivity index (χ0n) is 8.63. The van der Waals surface area contributed by atoms with E-state index in [-0.39, 0.29) is 5.57 Å². The molecule has 1 aliphatic rings. The Morgan fingerprint density at radius 1 is 1.06 bits per heavy atom. The van der Waals surface area contributed by atoms with Gasteiger partial charge in [-0.15, -0.1) is 0 Å². The third kappa shape index (κ3) is 1.61. The SMILES string of the molecule is CC1=CC(=O)N(c2ccc(F)c(F)c2F)C1=O. The fraction of sp³-hybridized carbons (Fsp3) is 0.0909. The largest absolute Gasteiger partial charge is 0.269 e. The van der Waals surface area contributed by atoms with E-state index in [1.165, 1.54) is 6.92 Å². The number of carbonyl (C=O) groups is 2. The molecule has 0 bridgehead atoms. The van der Waals surface area contributed by atoms with Crippen molar-refractivity contribution < 1.29 is 22.8 Å². The average Bonchev–Trinajstić information content (AvgIpc) is 2.52. The van der Waals surface area contributed by atoms with Gasteiger partial charge in [-0.25, -0.2) is 18.1 Å². The van der Waals surface area contributed by atoms with Crippen LogP contribution in [0.2, 0.25) is 0 Å². The highest BCUT2D eigenvalue weighted by Gasteiger charge is 2.33. The van der Waals surface area contributed by atoms with Crippen molar-refractivity contribution in [2.24, 2.45) is 0 Å². The van der Waals surface area contributed by atoms with Crippen LogP contribution in [0.3, 0.4) is 0 Å². The van der Waals surface area contributed by atoms with E-state index in [0.717, 1.165) is 12.1 Å². The first-order valence-electron chi connectivity index (χ1n) is 4.63. The van der Waals surface area contributed by atoms with Crippen molar-refractivity contribution in [3.63, 3.8) is 0 Å². The molecular formula is C11H6F3NO2. The molecule has 1 aromatic rings. The average molecular weight is 241 g/mol. The van der Waals surface area contributed by atoms with Gasteiger partial charge >= 0.3 is 0 Å². The fourth-order valence-electron chi connectivity index (χ4n) is 1.50. The zero-order chi connectivity index (χ0) is 12.7. The molecule has 2 rings (SSSR count). The van der Waals surface area contributed by atoms with E-state index in [1.54, 1.807) is 0 Å². The van der Waals surface area contributed by atoms with Crippen LogP contribution in [0.25, 0.3) is 0 Å². The molecule has 0 N–H and O–H groups in total. The molecule has 88 valence electrons. The third-order valence-electron chi connectivity index (χ3n) is 2.36. The molecular weight excluding hydrogens is 235 g/mol. The minimum Gasteiger partial charge on any atom is -0.269 e. The van der Waals surface area contributed by atoms with Crippen molar-refractivity contribution in [3.05, 3.63) is 41.2 Å². The molecule has 0 aliphatic carbocycles. The Bertz CT molecular complexity index is 566. The van der Waals surface area contributed by atoms with Gasteiger partial charge in [-0.3, -0.25) is 9.59 Å². The summed E-state index contributed by atoms with van der Waals surface area (Å²) in [4.78, 5) is 23.4. The third-order valence-corrected chi connectivity index (χ3v) is 2.36. The number of amides is 2. The van der Waals surface area contributed by atoms with E-state index in [0.29, 0.717) is 11.0 Å². The first-order chi connectivity index (χ1) is 7.93. The lowest BCUT2D eigenvalue weighted by atomic mass is 10.2. The van der Waals surface area contributed by atoms with Crippen molar-refractivity contribution in [2.45, 2.75) is 6.92 Å². The van der Waals surface area contributed by atoms with Gasteiger partial charge in [0.2, 0.25) is 0 Å². The van der Waals surface area contributed by atoms with E-state index in [2.05, 4.69) is 0 Å². The van der Waals surface area contributed by atoms with Crippen LogP contribution < -0.4 is 4.90 Å². The van der Waals surface area contributed by atoms with Crippen molar-refractivity contribution in [1.82, 2.24) is 0 Å². The van der Waals surface area contributed by atoms with Crippen molar-refractivity contribution in [1.29, 1.82) is 0 Å². The van der Waals surface area contributed by atoms with Crippen molar-refractivity contribution in [3.8, 4) is 0 Å². The summed E-state index contributed by atoms with van der Waals surface area (Å²) in [5, 5.41) is 0. The number of carbonyl (C=O) groups excluding carboxylic acids is 2. The molecule has 0 saturated heterocycles. The molecule has 0 atom stereocenters. The molecule has 0 spiro atoms. The number of halogens is 3. The lowest BCUT2D eigenvalue weighted by molar-refractivity contribution is -0.120. The summed E-state index contributed by atoms with van der Waals surface area (Å²) in [5.41, 5.74) is -0.480. The number of nitrogens with zero attached hydrogens (tertiary/aromatic N) is 1. The Labute approximate surface area is 94.1 Å². The maximum atomic E-state index is 13.4. The second-order valence-electron chi connectivity index (χ2n) is 3.50. The molecule has 17 heavy (non-hydrogen) atoms. The predicted molar refractivity (Wildman–Crippen MR) is 52.6 cm³/mol. The van der Waals surface area contributed by atoms with E-state index >= 15 is 0 Å². The topological polar surface area (TPSA) is 37.4 Å². The molecule has 1 aliphatic heterocycles. The molecule has 0 saturated carbocycles. The molecule has 1 heterocycles. The monoisotopic (exact) mass is 241 g/mol. The van der Waals surface area contributed by atoms with Gasteiger partial charge in [-0.1, -0.05) is 0 Å². The Balaban J connectivity index is 2.54. The van der Waals surface area contributed by atoms with Gasteiger partial charge in [0, 0.05) is 11.6 Å². The van der Waals surface area contributed by atoms with Crippen LogP contribution in [0.4, 0.5) is 18.9 Å². The van der Waals surface area contributed by atoms with E-state index in [9.17, 15) is 22.8 Å². The first-order valence-corrected chi connectivity index (χ1v) is 4.63. The van der Waals surface area contributed by atoms with E-state index in [4.69, 9.17) is 0 Å². The highest BCUT2D eigenvalue weighted by atomic mass is 19.2. The van der Waals surface area contributed by atoms with Crippen LogP contribution in [0.5, 0.6) is 0 Å². The highest BCUT2D eigenvalue weighted by Crippen LogP contribution is 2.27. The van der Waals surface area contributed by atoms with Gasteiger partial charge in [0.15, 0.2) is 17.5 Å². The molecule has 0 radical (unpaired) electrons. The summed E-state index contributed by atoms with van der Waals surface area (Å²) in [5.74, 6) is -6.19. The van der Waals surface area contributed by atoms with Crippen LogP contribution >= 0.6 is 0 Å². The number of benzene rings is 1. The van der Waals surface area contributed by atoms with E-state index < -0.39 is 35.0 Å². The van der Waals surface area contributed by atoms with E-state index in [1.807, 2.05) is 0 Å². The van der Waals surface area contributed by atoms with Gasteiger partial charge in [0.25, 0.3) is 11.8 Å². The molecule has 0 fully saturated rings. The Morgan fingerprint density at radius 2 is 1.71 bits per heavy atom. The second-order valence-corrected chi connectivity index (χ2v) is 3.50. The summed E-state index contributed by atoms with van der Waals surface area (Å²) in [7, 11) is 0. The first kappa shape index (κ1) is 11.4. The fourth-order valence-corrected chi connectivity index (χ4v) is 1.50. The van der Waals surface area contributed by atoms with Crippen molar-refractivity contribution in [2.75, 3.05) is 4.90 Å². The van der Waals surface area contributed by atoms with Crippen molar-refractivity contribution >= 4 is 17.5 Å². The quantitative estimate of drug-likeness (QED) is 0.556. The number of anilines is 1. The lowest BCUT2D eigenvalue weighted by Gasteiger charge is -2.15. The highest BCUT2D eigenvalue weighted by molar-refractivity contribution is 6.30. The minimum absolute atomic E-state index is 0.110. The summed E-state index contributed by atoms with van der Waals surface area (Å²) >= 11 is 0. The Morgan fingerprint density at radius 3 is 2.24 bits per heavy atom. The number of rotatable bonds is 1. The Kier molecular flexibility index (Phi) is 2.49. The summed E-state index contributed by atoms with van der Waals surface area (Å²) in [6.45, 7) is 1.37. The second kappa shape index (κ2) is 3.73. The molecule has 3 nitrogen and oxygen atoms in total. The molecule has 2 amide bonds. The standard InChI is InChI=1S/C11H6F3NO2/c1-5-4-8(16)15(11(5)17)7-3-2-6(12)9(13)10(7)14/h2-4H,1H3. The number of hydrogen-bond donors (Lipinski definition) is 0. The smallest absolute Gasteiger partial charge is 0.261 e. The van der Waals surface area contributed by atoms with Crippen LogP contribution in [0, 0.1) is 17.5 Å². The van der Waals surface area contributed by atoms with Gasteiger partial charge < -0.3 is 0 Å². The van der Waals surface area contributed by atoms with Crippen LogP contribution in [-0.4, -0.2) is 11.8 Å².